The third-order valence-electron chi connectivity index (χ3n) is 3.62. The van der Waals surface area contributed by atoms with E-state index in [1.54, 1.807) is 0 Å². The first-order valence-corrected chi connectivity index (χ1v) is 10.5. The summed E-state index contributed by atoms with van der Waals surface area (Å²) in [5.41, 5.74) is 3.84. The summed E-state index contributed by atoms with van der Waals surface area (Å²) in [7, 11) is 0. The van der Waals surface area contributed by atoms with Gasteiger partial charge >= 0.3 is 0 Å². The lowest BCUT2D eigenvalue weighted by atomic mass is 10.1. The molecule has 0 amide bonds. The van der Waals surface area contributed by atoms with E-state index in [1.165, 1.54) is 0 Å². The molecule has 130 valence electrons. The predicted molar refractivity (Wildman–Crippen MR) is 124 cm³/mol. The number of hydrogen-bond donors (Lipinski definition) is 0. The predicted octanol–water partition coefficient (Wildman–Crippen LogP) is 7.46. The van der Waals surface area contributed by atoms with E-state index in [0.29, 0.717) is 0 Å². The van der Waals surface area contributed by atoms with Gasteiger partial charge in [0.05, 0.1) is 0 Å². The Morgan fingerprint density at radius 1 is 0.593 bits per heavy atom. The van der Waals surface area contributed by atoms with Crippen LogP contribution in [0.1, 0.15) is 16.7 Å². The Labute approximate surface area is 185 Å². The maximum Gasteiger partial charge on any atom is 0.0405 e. The monoisotopic (exact) mass is 538 g/mol. The molecule has 0 atom stereocenters. The van der Waals surface area contributed by atoms with Crippen molar-refractivity contribution in [3.63, 3.8) is 0 Å². The number of allylic oxidation sites excluding steroid dienone is 2. The smallest absolute Gasteiger partial charge is 0.0405 e. The second-order valence-corrected chi connectivity index (χ2v) is 8.35. The first kappa shape index (κ1) is 19.7. The van der Waals surface area contributed by atoms with E-state index in [4.69, 9.17) is 0 Å². The number of benzene rings is 3. The highest BCUT2D eigenvalue weighted by molar-refractivity contribution is 9.11. The summed E-state index contributed by atoms with van der Waals surface area (Å²) < 4.78 is 3.11. The molecule has 0 aliphatic carbocycles. The highest BCUT2D eigenvalue weighted by Crippen LogP contribution is 2.18. The maximum absolute atomic E-state index is 3.47. The van der Waals surface area contributed by atoms with Crippen molar-refractivity contribution in [2.75, 3.05) is 0 Å². The van der Waals surface area contributed by atoms with Gasteiger partial charge in [0.2, 0.25) is 0 Å². The lowest BCUT2D eigenvalue weighted by molar-refractivity contribution is 1.59. The van der Waals surface area contributed by atoms with Gasteiger partial charge in [-0.2, -0.15) is 0 Å². The zero-order valence-electron chi connectivity index (χ0n) is 14.1. The van der Waals surface area contributed by atoms with E-state index in [9.17, 15) is 0 Å². The molecule has 0 N–H and O–H groups in total. The Bertz CT molecular complexity index is 1070. The fourth-order valence-corrected chi connectivity index (χ4v) is 3.01. The molecule has 3 aromatic rings. The van der Waals surface area contributed by atoms with Gasteiger partial charge in [-0.25, -0.2) is 0 Å². The molecule has 0 bridgehead atoms. The minimum atomic E-state index is 0.884. The maximum atomic E-state index is 3.47. The molecule has 3 heteroatoms. The van der Waals surface area contributed by atoms with Crippen LogP contribution in [-0.2, 0) is 0 Å². The number of halogens is 3. The lowest BCUT2D eigenvalue weighted by Gasteiger charge is -1.99. The van der Waals surface area contributed by atoms with E-state index in [1.807, 2.05) is 78.9 Å². The zero-order chi connectivity index (χ0) is 19.1. The molecule has 3 rings (SSSR count). The van der Waals surface area contributed by atoms with Crippen molar-refractivity contribution < 1.29 is 0 Å². The molecule has 27 heavy (non-hydrogen) atoms. The summed E-state index contributed by atoms with van der Waals surface area (Å²) in [6.07, 6.45) is 1.87. The molecule has 0 radical (unpaired) electrons. The highest BCUT2D eigenvalue weighted by atomic mass is 79.9. The van der Waals surface area contributed by atoms with Crippen molar-refractivity contribution in [3.05, 3.63) is 109 Å². The van der Waals surface area contributed by atoms with Crippen LogP contribution in [0.3, 0.4) is 0 Å². The van der Waals surface area contributed by atoms with Crippen LogP contribution < -0.4 is 0 Å². The molecule has 0 heterocycles. The van der Waals surface area contributed by atoms with Crippen LogP contribution in [0, 0.1) is 23.7 Å². The summed E-state index contributed by atoms with van der Waals surface area (Å²) in [6.45, 7) is 0. The van der Waals surface area contributed by atoms with Gasteiger partial charge in [0.15, 0.2) is 0 Å². The van der Waals surface area contributed by atoms with Gasteiger partial charge in [-0.1, -0.05) is 83.6 Å². The van der Waals surface area contributed by atoms with Crippen LogP contribution in [0.25, 0.3) is 5.57 Å². The first-order chi connectivity index (χ1) is 13.1. The van der Waals surface area contributed by atoms with E-state index in [2.05, 4.69) is 71.5 Å². The Balaban J connectivity index is 1.94. The third-order valence-corrected chi connectivity index (χ3v) is 5.20. The molecule has 0 aliphatic rings. The normalized spacial score (nSPS) is 10.4. The van der Waals surface area contributed by atoms with Crippen molar-refractivity contribution >= 4 is 53.4 Å². The molecule has 0 spiro atoms. The molecule has 0 aliphatic heterocycles. The molecule has 0 nitrogen and oxygen atoms in total. The highest BCUT2D eigenvalue weighted by Gasteiger charge is 1.98. The van der Waals surface area contributed by atoms with Gasteiger partial charge in [-0.15, -0.1) is 0 Å². The lowest BCUT2D eigenvalue weighted by Crippen LogP contribution is -1.82. The standard InChI is InChI=1S/C24H13Br3/c25-22-12-5-18(6-13-22)2-1-3-20(21-10-16-24(27)17-11-21)9-4-19-7-14-23(26)15-8-19/h3,5-8,10-17H/b20-3-. The zero-order valence-corrected chi connectivity index (χ0v) is 18.9. The van der Waals surface area contributed by atoms with Gasteiger partial charge in [0.1, 0.15) is 0 Å². The largest absolute Gasteiger partial charge is 0.0683 e. The van der Waals surface area contributed by atoms with Gasteiger partial charge in [0.25, 0.3) is 0 Å². The first-order valence-electron chi connectivity index (χ1n) is 8.11. The van der Waals surface area contributed by atoms with Crippen LogP contribution in [0.5, 0.6) is 0 Å². The van der Waals surface area contributed by atoms with Gasteiger partial charge in [-0.05, 0) is 66.2 Å². The van der Waals surface area contributed by atoms with Gasteiger partial charge < -0.3 is 0 Å². The SMILES string of the molecule is Brc1ccc(C#C/C=C(/C#Cc2ccc(Br)cc2)c2ccc(Br)cc2)cc1. The van der Waals surface area contributed by atoms with Crippen molar-refractivity contribution in [2.24, 2.45) is 0 Å². The Hall–Kier alpha value is -2.04. The summed E-state index contributed by atoms with van der Waals surface area (Å²) in [5.74, 6) is 12.8. The third kappa shape index (κ3) is 6.26. The van der Waals surface area contributed by atoms with Gasteiger partial charge in [-0.3, -0.25) is 0 Å². The number of hydrogen-bond acceptors (Lipinski definition) is 0. The second kappa shape index (κ2) is 9.77. The topological polar surface area (TPSA) is 0 Å². The van der Waals surface area contributed by atoms with Crippen LogP contribution in [0.15, 0.2) is 92.3 Å². The van der Waals surface area contributed by atoms with Crippen molar-refractivity contribution in [1.29, 1.82) is 0 Å². The quantitative estimate of drug-likeness (QED) is 0.281. The molecular weight excluding hydrogens is 528 g/mol. The molecule has 0 aromatic heterocycles. The average Bonchev–Trinajstić information content (AvgIpc) is 2.68. The minimum absolute atomic E-state index is 0.884. The van der Waals surface area contributed by atoms with Crippen LogP contribution in [-0.4, -0.2) is 0 Å². The Morgan fingerprint density at radius 3 is 1.56 bits per heavy atom. The average molecular weight is 541 g/mol. The summed E-state index contributed by atoms with van der Waals surface area (Å²) >= 11 is 10.4. The van der Waals surface area contributed by atoms with Crippen molar-refractivity contribution in [3.8, 4) is 23.7 Å². The number of rotatable bonds is 1. The van der Waals surface area contributed by atoms with E-state index in [-0.39, 0.29) is 0 Å². The van der Waals surface area contributed by atoms with E-state index < -0.39 is 0 Å². The molecule has 0 fully saturated rings. The summed E-state index contributed by atoms with van der Waals surface area (Å²) in [4.78, 5) is 0. The van der Waals surface area contributed by atoms with Crippen LogP contribution >= 0.6 is 47.8 Å². The second-order valence-electron chi connectivity index (χ2n) is 5.60. The molecule has 3 aromatic carbocycles. The molecule has 0 saturated carbocycles. The van der Waals surface area contributed by atoms with E-state index >= 15 is 0 Å². The molecule has 0 unspecified atom stereocenters. The molecule has 0 saturated heterocycles. The molecular formula is C24H13Br3. The van der Waals surface area contributed by atoms with Crippen LogP contribution in [0.2, 0.25) is 0 Å². The van der Waals surface area contributed by atoms with Crippen molar-refractivity contribution in [1.82, 2.24) is 0 Å². The van der Waals surface area contributed by atoms with E-state index in [0.717, 1.165) is 35.7 Å². The summed E-state index contributed by atoms with van der Waals surface area (Å²) in [6, 6.07) is 24.0. The summed E-state index contributed by atoms with van der Waals surface area (Å²) in [5, 5.41) is 0. The van der Waals surface area contributed by atoms with Crippen LogP contribution in [0.4, 0.5) is 0 Å². The Morgan fingerprint density at radius 2 is 1.04 bits per heavy atom. The minimum Gasteiger partial charge on any atom is -0.0683 e. The van der Waals surface area contributed by atoms with Crippen molar-refractivity contribution in [2.45, 2.75) is 0 Å². The van der Waals surface area contributed by atoms with Gasteiger partial charge in [0, 0.05) is 36.2 Å². The Kier molecular flexibility index (Phi) is 7.13. The fourth-order valence-electron chi connectivity index (χ4n) is 2.22. The fraction of sp³-hybridized carbons (Fsp3) is 0.